The third-order valence-electron chi connectivity index (χ3n) is 5.70. The second-order valence-electron chi connectivity index (χ2n) is 8.07. The normalized spacial score (nSPS) is 16.3. The van der Waals surface area contributed by atoms with Gasteiger partial charge in [-0.3, -0.25) is 19.4 Å². The number of para-hydroxylation sites is 1. The molecule has 2 N–H and O–H groups in total. The molecule has 7 nitrogen and oxygen atoms in total. The first kappa shape index (κ1) is 22.2. The van der Waals surface area contributed by atoms with Crippen molar-refractivity contribution < 1.29 is 14.4 Å². The zero-order chi connectivity index (χ0) is 23.0. The fourth-order valence-electron chi connectivity index (χ4n) is 3.90. The minimum absolute atomic E-state index is 0.0944. The molecule has 1 aliphatic heterocycles. The third kappa shape index (κ3) is 5.83. The van der Waals surface area contributed by atoms with Gasteiger partial charge in [-0.25, -0.2) is 0 Å². The van der Waals surface area contributed by atoms with E-state index in [1.54, 1.807) is 17.3 Å². The summed E-state index contributed by atoms with van der Waals surface area (Å²) in [5, 5.41) is 5.79. The Bertz CT molecular complexity index is 1090. The van der Waals surface area contributed by atoms with E-state index in [9.17, 15) is 14.4 Å². The van der Waals surface area contributed by atoms with Crippen LogP contribution in [-0.2, 0) is 27.3 Å². The number of amides is 3. The Balaban J connectivity index is 1.43. The molecule has 0 spiro atoms. The van der Waals surface area contributed by atoms with Crippen LogP contribution in [0.2, 0.25) is 0 Å². The van der Waals surface area contributed by atoms with Gasteiger partial charge in [-0.15, -0.1) is 0 Å². The van der Waals surface area contributed by atoms with E-state index in [0.717, 1.165) is 16.8 Å². The fraction of sp³-hybridized carbons (Fsp3) is 0.231. The van der Waals surface area contributed by atoms with Crippen molar-refractivity contribution in [3.8, 4) is 0 Å². The molecule has 0 saturated carbocycles. The van der Waals surface area contributed by atoms with E-state index < -0.39 is 12.0 Å². The average molecular weight is 443 g/mol. The van der Waals surface area contributed by atoms with E-state index >= 15 is 0 Å². The maximum atomic E-state index is 13.1. The van der Waals surface area contributed by atoms with Crippen LogP contribution in [0.1, 0.15) is 17.5 Å². The van der Waals surface area contributed by atoms with Crippen molar-refractivity contribution in [2.45, 2.75) is 25.4 Å². The lowest BCUT2D eigenvalue weighted by Crippen LogP contribution is -2.49. The molecule has 4 rings (SSSR count). The van der Waals surface area contributed by atoms with Crippen LogP contribution in [0, 0.1) is 5.92 Å². The summed E-state index contributed by atoms with van der Waals surface area (Å²) in [5.41, 5.74) is 2.63. The van der Waals surface area contributed by atoms with Crippen molar-refractivity contribution in [1.82, 2.24) is 15.6 Å². The molecule has 1 saturated heterocycles. The molecule has 2 atom stereocenters. The minimum Gasteiger partial charge on any atom is -0.350 e. The maximum Gasteiger partial charge on any atom is 0.243 e. The number of rotatable bonds is 8. The van der Waals surface area contributed by atoms with Gasteiger partial charge in [0.25, 0.3) is 0 Å². The number of benzene rings is 2. The van der Waals surface area contributed by atoms with Gasteiger partial charge in [0.1, 0.15) is 6.04 Å². The topological polar surface area (TPSA) is 91.4 Å². The molecule has 1 fully saturated rings. The van der Waals surface area contributed by atoms with Gasteiger partial charge in [-0.05, 0) is 35.4 Å². The smallest absolute Gasteiger partial charge is 0.243 e. The summed E-state index contributed by atoms with van der Waals surface area (Å²) in [7, 11) is 0. The Hall–Kier alpha value is -4.00. The molecule has 7 heteroatoms. The number of carbonyl (C=O) groups is 3. The van der Waals surface area contributed by atoms with E-state index in [-0.39, 0.29) is 24.1 Å². The van der Waals surface area contributed by atoms with E-state index in [4.69, 9.17) is 0 Å². The first-order valence-electron chi connectivity index (χ1n) is 11.0. The summed E-state index contributed by atoms with van der Waals surface area (Å²) in [5.74, 6) is -1.16. The summed E-state index contributed by atoms with van der Waals surface area (Å²) in [6.45, 7) is 0.636. The van der Waals surface area contributed by atoms with Gasteiger partial charge in [0.15, 0.2) is 0 Å². The second kappa shape index (κ2) is 10.5. The van der Waals surface area contributed by atoms with Gasteiger partial charge in [0, 0.05) is 44.0 Å². The molecule has 168 valence electrons. The molecular weight excluding hydrogens is 416 g/mol. The molecule has 2 aromatic carbocycles. The zero-order valence-electron chi connectivity index (χ0n) is 18.2. The summed E-state index contributed by atoms with van der Waals surface area (Å²) < 4.78 is 0. The number of nitrogens with zero attached hydrogens (tertiary/aromatic N) is 2. The van der Waals surface area contributed by atoms with Crippen LogP contribution in [0.25, 0.3) is 0 Å². The molecule has 1 aliphatic rings. The molecular formula is C26H26N4O3. The number of hydrogen-bond acceptors (Lipinski definition) is 4. The molecule has 0 aliphatic carbocycles. The third-order valence-corrected chi connectivity index (χ3v) is 5.70. The van der Waals surface area contributed by atoms with E-state index in [0.29, 0.717) is 19.5 Å². The highest BCUT2D eigenvalue weighted by molar-refractivity contribution is 6.01. The van der Waals surface area contributed by atoms with Gasteiger partial charge in [-0.2, -0.15) is 0 Å². The highest BCUT2D eigenvalue weighted by Crippen LogP contribution is 2.25. The number of pyridine rings is 1. The quantitative estimate of drug-likeness (QED) is 0.561. The highest BCUT2D eigenvalue weighted by atomic mass is 16.2. The SMILES string of the molecule is O=C(N[C@@H](Cc1ccccc1)C(=O)NCc1ccncc1)[C@@H]1CC(=O)N(c2ccccc2)C1. The first-order valence-corrected chi connectivity index (χ1v) is 11.0. The highest BCUT2D eigenvalue weighted by Gasteiger charge is 2.36. The molecule has 1 aromatic heterocycles. The average Bonchev–Trinajstić information content (AvgIpc) is 3.25. The lowest BCUT2D eigenvalue weighted by Gasteiger charge is -2.21. The molecule has 2 heterocycles. The summed E-state index contributed by atoms with van der Waals surface area (Å²) in [4.78, 5) is 44.2. The van der Waals surface area contributed by atoms with Crippen molar-refractivity contribution in [3.63, 3.8) is 0 Å². The van der Waals surface area contributed by atoms with Crippen LogP contribution in [0.4, 0.5) is 5.69 Å². The van der Waals surface area contributed by atoms with Crippen LogP contribution in [-0.4, -0.2) is 35.3 Å². The number of hydrogen-bond donors (Lipinski definition) is 2. The van der Waals surface area contributed by atoms with Crippen molar-refractivity contribution in [2.24, 2.45) is 5.92 Å². The first-order chi connectivity index (χ1) is 16.1. The number of aromatic nitrogens is 1. The van der Waals surface area contributed by atoms with Crippen LogP contribution < -0.4 is 15.5 Å². The Morgan fingerprint density at radius 2 is 1.61 bits per heavy atom. The Labute approximate surface area is 192 Å². The Kier molecular flexibility index (Phi) is 7.09. The molecule has 0 radical (unpaired) electrons. The standard InChI is InChI=1S/C26H26N4O3/c31-24-16-21(18-30(24)22-9-5-2-6-10-22)25(32)29-23(15-19-7-3-1-4-8-19)26(33)28-17-20-11-13-27-14-12-20/h1-14,21,23H,15-18H2,(H,28,33)(H,29,32)/t21-,23+/m1/s1. The lowest BCUT2D eigenvalue weighted by molar-refractivity contribution is -0.131. The largest absolute Gasteiger partial charge is 0.350 e. The lowest BCUT2D eigenvalue weighted by atomic mass is 10.0. The van der Waals surface area contributed by atoms with Crippen molar-refractivity contribution in [2.75, 3.05) is 11.4 Å². The Morgan fingerprint density at radius 1 is 0.939 bits per heavy atom. The summed E-state index contributed by atoms with van der Waals surface area (Å²) in [6.07, 6.45) is 3.82. The molecule has 33 heavy (non-hydrogen) atoms. The predicted molar refractivity (Wildman–Crippen MR) is 125 cm³/mol. The van der Waals surface area contributed by atoms with Crippen LogP contribution in [0.3, 0.4) is 0 Å². The van der Waals surface area contributed by atoms with Gasteiger partial charge in [-0.1, -0.05) is 48.5 Å². The fourth-order valence-corrected chi connectivity index (χ4v) is 3.90. The van der Waals surface area contributed by atoms with Crippen LogP contribution >= 0.6 is 0 Å². The van der Waals surface area contributed by atoms with Crippen molar-refractivity contribution >= 4 is 23.4 Å². The molecule has 0 bridgehead atoms. The Morgan fingerprint density at radius 3 is 2.30 bits per heavy atom. The van der Waals surface area contributed by atoms with E-state index in [2.05, 4.69) is 15.6 Å². The van der Waals surface area contributed by atoms with Crippen molar-refractivity contribution in [3.05, 3.63) is 96.3 Å². The number of anilines is 1. The van der Waals surface area contributed by atoms with Gasteiger partial charge in [0.2, 0.25) is 17.7 Å². The minimum atomic E-state index is -0.748. The molecule has 3 aromatic rings. The van der Waals surface area contributed by atoms with Crippen molar-refractivity contribution in [1.29, 1.82) is 0 Å². The van der Waals surface area contributed by atoms with E-state index in [1.165, 1.54) is 0 Å². The van der Waals surface area contributed by atoms with Gasteiger partial charge < -0.3 is 15.5 Å². The summed E-state index contributed by atoms with van der Waals surface area (Å²) in [6, 6.07) is 21.8. The number of nitrogens with one attached hydrogen (secondary N) is 2. The molecule has 0 unspecified atom stereocenters. The molecule has 3 amide bonds. The number of carbonyl (C=O) groups excluding carboxylic acids is 3. The van der Waals surface area contributed by atoms with Crippen LogP contribution in [0.5, 0.6) is 0 Å². The van der Waals surface area contributed by atoms with Gasteiger partial charge >= 0.3 is 0 Å². The van der Waals surface area contributed by atoms with Gasteiger partial charge in [0.05, 0.1) is 5.92 Å². The van der Waals surface area contributed by atoms with Crippen LogP contribution in [0.15, 0.2) is 85.2 Å². The maximum absolute atomic E-state index is 13.1. The second-order valence-corrected chi connectivity index (χ2v) is 8.07. The predicted octanol–water partition coefficient (Wildman–Crippen LogP) is 2.48. The van der Waals surface area contributed by atoms with E-state index in [1.807, 2.05) is 72.8 Å². The zero-order valence-corrected chi connectivity index (χ0v) is 18.2. The summed E-state index contributed by atoms with van der Waals surface area (Å²) >= 11 is 0. The monoisotopic (exact) mass is 442 g/mol.